The first-order chi connectivity index (χ1) is 21.5. The van der Waals surface area contributed by atoms with E-state index in [9.17, 15) is 33.6 Å². The van der Waals surface area contributed by atoms with Crippen molar-refractivity contribution in [3.8, 4) is 0 Å². The van der Waals surface area contributed by atoms with Gasteiger partial charge in [0.05, 0.1) is 0 Å². The van der Waals surface area contributed by atoms with Crippen LogP contribution in [0.15, 0.2) is 0 Å². The van der Waals surface area contributed by atoms with Gasteiger partial charge in [-0.05, 0) is 5.75 Å². The Kier molecular flexibility index (Phi) is 15.2. The molecule has 0 spiro atoms. The lowest BCUT2D eigenvalue weighted by molar-refractivity contribution is -0.341. The molecule has 2 aliphatic heterocycles. The number of thioether (sulfide) groups is 1. The molecule has 2 saturated heterocycles. The minimum atomic E-state index is -1.72. The molecule has 0 radical (unpaired) electrons. The van der Waals surface area contributed by atoms with E-state index in [0.29, 0.717) is 5.75 Å². The second-order valence-corrected chi connectivity index (χ2v) is 11.5. The van der Waals surface area contributed by atoms with Crippen molar-refractivity contribution in [2.75, 3.05) is 19.0 Å². The predicted octanol–water partition coefficient (Wildman–Crippen LogP) is 0.359. The molecule has 17 nitrogen and oxygen atoms in total. The molecule has 0 aromatic carbocycles. The van der Waals surface area contributed by atoms with E-state index in [1.165, 1.54) is 11.8 Å². The molecule has 2 aliphatic rings. The number of rotatable bonds is 13. The van der Waals surface area contributed by atoms with Gasteiger partial charge in [0.2, 0.25) is 0 Å². The summed E-state index contributed by atoms with van der Waals surface area (Å²) in [5, 5.41) is 0. The van der Waals surface area contributed by atoms with Gasteiger partial charge in [-0.1, -0.05) is 6.92 Å². The number of hydrogen-bond acceptors (Lipinski definition) is 18. The van der Waals surface area contributed by atoms with E-state index in [-0.39, 0.29) is 0 Å². The average Bonchev–Trinajstić information content (AvgIpc) is 2.91. The third kappa shape index (κ3) is 11.7. The highest BCUT2D eigenvalue weighted by Crippen LogP contribution is 2.37. The van der Waals surface area contributed by atoms with Crippen LogP contribution in [0.1, 0.15) is 55.4 Å². The molecular formula is C28H40O17S. The molecule has 0 N–H and O–H groups in total. The monoisotopic (exact) mass is 680 g/mol. The highest BCUT2D eigenvalue weighted by atomic mass is 32.2. The second kappa shape index (κ2) is 18.0. The molecule has 10 atom stereocenters. The molecule has 46 heavy (non-hydrogen) atoms. The van der Waals surface area contributed by atoms with E-state index in [2.05, 4.69) is 0 Å². The van der Waals surface area contributed by atoms with Crippen LogP contribution in [-0.2, 0) is 80.9 Å². The Morgan fingerprint density at radius 2 is 0.891 bits per heavy atom. The highest BCUT2D eigenvalue weighted by Gasteiger charge is 2.57. The summed E-state index contributed by atoms with van der Waals surface area (Å²) >= 11 is 1.21. The summed E-state index contributed by atoms with van der Waals surface area (Å²) in [5.74, 6) is -5.06. The van der Waals surface area contributed by atoms with E-state index in [0.717, 1.165) is 48.5 Å². The topological polar surface area (TPSA) is 212 Å². The number of carbonyl (C=O) groups excluding carboxylic acids is 7. The number of esters is 7. The zero-order valence-corrected chi connectivity index (χ0v) is 27.6. The third-order valence-electron chi connectivity index (χ3n) is 6.22. The van der Waals surface area contributed by atoms with Gasteiger partial charge in [0.25, 0.3) is 0 Å². The standard InChI is InChI=1S/C28H40O17S/c1-9-46-28-26(42-18(8)35)24(40-16(6)33)22(20(44-28)11-37-13(3)30)45-27-25(41-17(7)34)23(39-15(5)32)21(38-14(4)31)19(43-27)10-36-12(2)29/h19-28H,9-11H2,1-8H3/t19-,20-,21+,22+,23+,24+,25-,26-,27-,28-/m1/s1. The van der Waals surface area contributed by atoms with E-state index in [1.54, 1.807) is 6.92 Å². The quantitative estimate of drug-likeness (QED) is 0.190. The van der Waals surface area contributed by atoms with Gasteiger partial charge in [-0.25, -0.2) is 0 Å². The lowest BCUT2D eigenvalue weighted by atomic mass is 9.96. The first-order valence-electron chi connectivity index (χ1n) is 14.2. The van der Waals surface area contributed by atoms with Crippen LogP contribution >= 0.6 is 11.8 Å². The molecule has 2 heterocycles. The summed E-state index contributed by atoms with van der Waals surface area (Å²) in [6, 6.07) is 0. The lowest BCUT2D eigenvalue weighted by Gasteiger charge is -2.48. The van der Waals surface area contributed by atoms with Gasteiger partial charge >= 0.3 is 41.8 Å². The molecule has 0 aromatic rings. The highest BCUT2D eigenvalue weighted by molar-refractivity contribution is 7.99. The Morgan fingerprint density at radius 3 is 1.33 bits per heavy atom. The van der Waals surface area contributed by atoms with E-state index >= 15 is 0 Å². The minimum Gasteiger partial charge on any atom is -0.463 e. The molecule has 0 amide bonds. The Labute approximate surface area is 269 Å². The summed E-state index contributed by atoms with van der Waals surface area (Å²) in [6.45, 7) is 8.52. The Bertz CT molecular complexity index is 1130. The van der Waals surface area contributed by atoms with Crippen molar-refractivity contribution < 1.29 is 80.9 Å². The van der Waals surface area contributed by atoms with Gasteiger partial charge in [0.15, 0.2) is 36.8 Å². The molecule has 0 aromatic heterocycles. The van der Waals surface area contributed by atoms with E-state index in [4.69, 9.17) is 47.4 Å². The molecule has 0 bridgehead atoms. The Hall–Kier alpha value is -3.48. The lowest BCUT2D eigenvalue weighted by Crippen LogP contribution is -2.66. The van der Waals surface area contributed by atoms with Crippen molar-refractivity contribution in [3.63, 3.8) is 0 Å². The van der Waals surface area contributed by atoms with Crippen LogP contribution < -0.4 is 0 Å². The van der Waals surface area contributed by atoms with Crippen LogP contribution in [0.4, 0.5) is 0 Å². The van der Waals surface area contributed by atoms with Gasteiger partial charge in [-0.2, -0.15) is 0 Å². The fourth-order valence-corrected chi connectivity index (χ4v) is 5.72. The molecule has 2 fully saturated rings. The SMILES string of the molecule is CCS[C@H]1O[C@H](COC(C)=O)[C@H](O[C@H]2O[C@H](COC(C)=O)[C@H](OC(C)=O)[C@H](OC(C)=O)[C@H]2OC(C)=O)[C@H](OC(C)=O)[C@H]1OC(C)=O. The first-order valence-corrected chi connectivity index (χ1v) is 15.3. The van der Waals surface area contributed by atoms with E-state index in [1.807, 2.05) is 0 Å². The molecule has 2 rings (SSSR count). The van der Waals surface area contributed by atoms with Crippen molar-refractivity contribution >= 4 is 53.5 Å². The van der Waals surface area contributed by atoms with Gasteiger partial charge in [0.1, 0.15) is 37.0 Å². The second-order valence-electron chi connectivity index (χ2n) is 10.1. The van der Waals surface area contributed by atoms with Gasteiger partial charge in [-0.3, -0.25) is 33.6 Å². The van der Waals surface area contributed by atoms with Crippen LogP contribution in [0.3, 0.4) is 0 Å². The smallest absolute Gasteiger partial charge is 0.303 e. The van der Waals surface area contributed by atoms with Gasteiger partial charge in [0, 0.05) is 48.5 Å². The predicted molar refractivity (Wildman–Crippen MR) is 151 cm³/mol. The molecule has 0 saturated carbocycles. The minimum absolute atomic E-state index is 0.434. The number of hydrogen-bond donors (Lipinski definition) is 0. The summed E-state index contributed by atoms with van der Waals surface area (Å²) in [6.07, 6.45) is -13.1. The molecular weight excluding hydrogens is 640 g/mol. The van der Waals surface area contributed by atoms with Crippen LogP contribution in [0.25, 0.3) is 0 Å². The molecule has 260 valence electrons. The largest absolute Gasteiger partial charge is 0.463 e. The maximum absolute atomic E-state index is 12.3. The Balaban J connectivity index is 2.70. The van der Waals surface area contributed by atoms with Crippen molar-refractivity contribution in [2.45, 2.75) is 116 Å². The maximum Gasteiger partial charge on any atom is 0.303 e. The average molecular weight is 681 g/mol. The zero-order valence-electron chi connectivity index (χ0n) is 26.7. The van der Waals surface area contributed by atoms with Crippen LogP contribution in [0, 0.1) is 0 Å². The third-order valence-corrected chi connectivity index (χ3v) is 7.26. The molecule has 0 aliphatic carbocycles. The summed E-state index contributed by atoms with van der Waals surface area (Å²) in [5.41, 5.74) is -0.922. The van der Waals surface area contributed by atoms with Crippen molar-refractivity contribution in [2.24, 2.45) is 0 Å². The maximum atomic E-state index is 12.3. The van der Waals surface area contributed by atoms with Crippen molar-refractivity contribution in [3.05, 3.63) is 0 Å². The summed E-state index contributed by atoms with van der Waals surface area (Å²) in [7, 11) is 0. The molecule has 18 heteroatoms. The normalized spacial score (nSPS) is 30.6. The van der Waals surface area contributed by atoms with Crippen molar-refractivity contribution in [1.29, 1.82) is 0 Å². The van der Waals surface area contributed by atoms with Crippen molar-refractivity contribution in [1.82, 2.24) is 0 Å². The Morgan fingerprint density at radius 1 is 0.500 bits per heavy atom. The van der Waals surface area contributed by atoms with Gasteiger partial charge in [-0.15, -0.1) is 11.8 Å². The van der Waals surface area contributed by atoms with Crippen LogP contribution in [0.2, 0.25) is 0 Å². The van der Waals surface area contributed by atoms with Gasteiger partial charge < -0.3 is 47.4 Å². The number of ether oxygens (including phenoxy) is 10. The number of carbonyl (C=O) groups is 7. The molecule has 0 unspecified atom stereocenters. The fourth-order valence-electron chi connectivity index (χ4n) is 4.77. The zero-order chi connectivity index (χ0) is 34.7. The summed E-state index contributed by atoms with van der Waals surface area (Å²) < 4.78 is 56.1. The van der Waals surface area contributed by atoms with Crippen LogP contribution in [-0.4, -0.2) is 121 Å². The first kappa shape index (κ1) is 38.7. The summed E-state index contributed by atoms with van der Waals surface area (Å²) in [4.78, 5) is 84.5. The van der Waals surface area contributed by atoms with Crippen LogP contribution in [0.5, 0.6) is 0 Å². The van der Waals surface area contributed by atoms with E-state index < -0.39 is 116 Å². The fraction of sp³-hybridized carbons (Fsp3) is 0.750.